The third-order valence-corrected chi connectivity index (χ3v) is 3.88. The number of para-hydroxylation sites is 1. The van der Waals surface area contributed by atoms with Gasteiger partial charge < -0.3 is 9.64 Å². The standard InChI is InChI=1S/C15H19FN4O/c1-21-10-9-19-5-7-20(8-6-19)15-12-3-2-4-13(16)14(12)17-11-18-15/h2-4,11H,5-10H2,1H3. The molecule has 21 heavy (non-hydrogen) atoms. The largest absolute Gasteiger partial charge is 0.383 e. The minimum Gasteiger partial charge on any atom is -0.383 e. The Bertz CT molecular complexity index is 614. The zero-order chi connectivity index (χ0) is 14.7. The van der Waals surface area contributed by atoms with Crippen LogP contribution in [-0.4, -0.2) is 61.3 Å². The first-order chi connectivity index (χ1) is 10.3. The van der Waals surface area contributed by atoms with Crippen LogP contribution in [0.1, 0.15) is 0 Å². The van der Waals surface area contributed by atoms with Crippen molar-refractivity contribution in [2.45, 2.75) is 0 Å². The van der Waals surface area contributed by atoms with Crippen molar-refractivity contribution >= 4 is 16.7 Å². The molecule has 0 saturated carbocycles. The van der Waals surface area contributed by atoms with Crippen LogP contribution >= 0.6 is 0 Å². The average molecular weight is 290 g/mol. The third-order valence-electron chi connectivity index (χ3n) is 3.88. The van der Waals surface area contributed by atoms with Crippen LogP contribution in [0.15, 0.2) is 24.5 Å². The lowest BCUT2D eigenvalue weighted by Gasteiger charge is -2.35. The van der Waals surface area contributed by atoms with Gasteiger partial charge in [0.1, 0.15) is 23.5 Å². The van der Waals surface area contributed by atoms with Gasteiger partial charge in [-0.2, -0.15) is 0 Å². The van der Waals surface area contributed by atoms with Crippen LogP contribution in [0.2, 0.25) is 0 Å². The number of fused-ring (bicyclic) bond motifs is 1. The lowest BCUT2D eigenvalue weighted by atomic mass is 10.2. The number of piperazine rings is 1. The Morgan fingerprint density at radius 3 is 2.76 bits per heavy atom. The maximum Gasteiger partial charge on any atom is 0.149 e. The molecule has 0 amide bonds. The second-order valence-corrected chi connectivity index (χ2v) is 5.15. The van der Waals surface area contributed by atoms with E-state index in [1.165, 1.54) is 12.4 Å². The van der Waals surface area contributed by atoms with E-state index >= 15 is 0 Å². The fourth-order valence-electron chi connectivity index (χ4n) is 2.69. The average Bonchev–Trinajstić information content (AvgIpc) is 2.53. The monoisotopic (exact) mass is 290 g/mol. The number of hydrogen-bond acceptors (Lipinski definition) is 5. The van der Waals surface area contributed by atoms with Gasteiger partial charge in [-0.25, -0.2) is 14.4 Å². The summed E-state index contributed by atoms with van der Waals surface area (Å²) in [6.45, 7) is 5.39. The van der Waals surface area contributed by atoms with Gasteiger partial charge in [0.15, 0.2) is 0 Å². The molecule has 0 aliphatic carbocycles. The van der Waals surface area contributed by atoms with Crippen molar-refractivity contribution in [1.82, 2.24) is 14.9 Å². The van der Waals surface area contributed by atoms with E-state index in [0.29, 0.717) is 5.52 Å². The molecule has 1 aromatic carbocycles. The molecule has 1 saturated heterocycles. The molecule has 6 heteroatoms. The molecule has 1 aromatic heterocycles. The van der Waals surface area contributed by atoms with E-state index in [0.717, 1.165) is 50.5 Å². The second-order valence-electron chi connectivity index (χ2n) is 5.15. The van der Waals surface area contributed by atoms with E-state index in [9.17, 15) is 4.39 Å². The molecule has 1 fully saturated rings. The summed E-state index contributed by atoms with van der Waals surface area (Å²) < 4.78 is 18.9. The number of hydrogen-bond donors (Lipinski definition) is 0. The fraction of sp³-hybridized carbons (Fsp3) is 0.467. The minimum atomic E-state index is -0.296. The SMILES string of the molecule is COCCN1CCN(c2ncnc3c(F)cccc23)CC1. The van der Waals surface area contributed by atoms with Crippen LogP contribution in [0.3, 0.4) is 0 Å². The zero-order valence-electron chi connectivity index (χ0n) is 12.1. The van der Waals surface area contributed by atoms with Crippen LogP contribution in [0.25, 0.3) is 10.9 Å². The highest BCUT2D eigenvalue weighted by Crippen LogP contribution is 2.25. The summed E-state index contributed by atoms with van der Waals surface area (Å²) in [7, 11) is 1.72. The molecule has 112 valence electrons. The van der Waals surface area contributed by atoms with Gasteiger partial charge in [0.25, 0.3) is 0 Å². The van der Waals surface area contributed by atoms with Crippen LogP contribution in [-0.2, 0) is 4.74 Å². The smallest absolute Gasteiger partial charge is 0.149 e. The summed E-state index contributed by atoms with van der Waals surface area (Å²) in [6.07, 6.45) is 1.44. The molecule has 0 bridgehead atoms. The van der Waals surface area contributed by atoms with Crippen LogP contribution in [0, 0.1) is 5.82 Å². The number of benzene rings is 1. The maximum atomic E-state index is 13.8. The van der Waals surface area contributed by atoms with Gasteiger partial charge >= 0.3 is 0 Å². The van der Waals surface area contributed by atoms with Crippen molar-refractivity contribution in [2.24, 2.45) is 0 Å². The molecular formula is C15H19FN4O. The van der Waals surface area contributed by atoms with E-state index in [1.807, 2.05) is 6.07 Å². The minimum absolute atomic E-state index is 0.296. The molecule has 0 radical (unpaired) electrons. The first kappa shape index (κ1) is 14.2. The van der Waals surface area contributed by atoms with Gasteiger partial charge in [0, 0.05) is 45.2 Å². The van der Waals surface area contributed by atoms with Crippen LogP contribution in [0.4, 0.5) is 10.2 Å². The van der Waals surface area contributed by atoms with Crippen molar-refractivity contribution in [2.75, 3.05) is 51.3 Å². The fourth-order valence-corrected chi connectivity index (χ4v) is 2.69. The highest BCUT2D eigenvalue weighted by molar-refractivity contribution is 5.89. The summed E-state index contributed by atoms with van der Waals surface area (Å²) >= 11 is 0. The number of halogens is 1. The normalized spacial score (nSPS) is 16.6. The first-order valence-corrected chi connectivity index (χ1v) is 7.15. The summed E-state index contributed by atoms with van der Waals surface area (Å²) in [6, 6.07) is 5.02. The maximum absolute atomic E-state index is 13.8. The Balaban J connectivity index is 1.78. The number of rotatable bonds is 4. The van der Waals surface area contributed by atoms with E-state index in [-0.39, 0.29) is 5.82 Å². The summed E-state index contributed by atoms with van der Waals surface area (Å²) in [5.41, 5.74) is 0.393. The molecule has 2 aromatic rings. The molecule has 0 spiro atoms. The molecule has 5 nitrogen and oxygen atoms in total. The Morgan fingerprint density at radius 2 is 2.00 bits per heavy atom. The molecule has 3 rings (SSSR count). The predicted molar refractivity (Wildman–Crippen MR) is 80.0 cm³/mol. The third kappa shape index (κ3) is 2.96. The Morgan fingerprint density at radius 1 is 1.19 bits per heavy atom. The summed E-state index contributed by atoms with van der Waals surface area (Å²) in [5, 5.41) is 0.780. The van der Waals surface area contributed by atoms with E-state index in [1.54, 1.807) is 13.2 Å². The highest BCUT2D eigenvalue weighted by atomic mass is 19.1. The van der Waals surface area contributed by atoms with E-state index in [4.69, 9.17) is 4.74 Å². The first-order valence-electron chi connectivity index (χ1n) is 7.15. The molecule has 0 atom stereocenters. The van der Waals surface area contributed by atoms with Crippen LogP contribution in [0.5, 0.6) is 0 Å². The van der Waals surface area contributed by atoms with E-state index < -0.39 is 0 Å². The van der Waals surface area contributed by atoms with Gasteiger partial charge in [0.05, 0.1) is 6.61 Å². The van der Waals surface area contributed by atoms with E-state index in [2.05, 4.69) is 19.8 Å². The van der Waals surface area contributed by atoms with Crippen molar-refractivity contribution in [3.8, 4) is 0 Å². The molecule has 0 unspecified atom stereocenters. The van der Waals surface area contributed by atoms with Crippen molar-refractivity contribution < 1.29 is 9.13 Å². The lowest BCUT2D eigenvalue weighted by Crippen LogP contribution is -2.47. The molecular weight excluding hydrogens is 271 g/mol. The van der Waals surface area contributed by atoms with Crippen molar-refractivity contribution in [1.29, 1.82) is 0 Å². The Hall–Kier alpha value is -1.79. The summed E-state index contributed by atoms with van der Waals surface area (Å²) in [4.78, 5) is 13.0. The number of aromatic nitrogens is 2. The highest BCUT2D eigenvalue weighted by Gasteiger charge is 2.20. The molecule has 2 heterocycles. The molecule has 1 aliphatic heterocycles. The number of anilines is 1. The molecule has 1 aliphatic rings. The number of nitrogens with zero attached hydrogens (tertiary/aromatic N) is 4. The van der Waals surface area contributed by atoms with Gasteiger partial charge in [-0.3, -0.25) is 4.90 Å². The van der Waals surface area contributed by atoms with Gasteiger partial charge in [-0.05, 0) is 12.1 Å². The predicted octanol–water partition coefficient (Wildman–Crippen LogP) is 1.54. The quantitative estimate of drug-likeness (QED) is 0.854. The van der Waals surface area contributed by atoms with Gasteiger partial charge in [-0.15, -0.1) is 0 Å². The zero-order valence-corrected chi connectivity index (χ0v) is 12.1. The number of ether oxygens (including phenoxy) is 1. The lowest BCUT2D eigenvalue weighted by molar-refractivity contribution is 0.144. The summed E-state index contributed by atoms with van der Waals surface area (Å²) in [5.74, 6) is 0.528. The second kappa shape index (κ2) is 6.32. The van der Waals surface area contributed by atoms with Gasteiger partial charge in [0.2, 0.25) is 0 Å². The van der Waals surface area contributed by atoms with Crippen molar-refractivity contribution in [3.05, 3.63) is 30.3 Å². The van der Waals surface area contributed by atoms with Crippen LogP contribution < -0.4 is 4.90 Å². The number of methoxy groups -OCH3 is 1. The van der Waals surface area contributed by atoms with Crippen molar-refractivity contribution in [3.63, 3.8) is 0 Å². The van der Waals surface area contributed by atoms with Gasteiger partial charge in [-0.1, -0.05) is 6.07 Å². The molecule has 0 N–H and O–H groups in total. The topological polar surface area (TPSA) is 41.5 Å². The Kier molecular flexibility index (Phi) is 4.26. The Labute approximate surface area is 123 Å².